The van der Waals surface area contributed by atoms with Crippen molar-refractivity contribution in [2.45, 2.75) is 43.1 Å². The lowest BCUT2D eigenvalue weighted by molar-refractivity contribution is -0.385. The highest BCUT2D eigenvalue weighted by molar-refractivity contribution is 5.99. The zero-order valence-corrected chi connectivity index (χ0v) is 38.4. The van der Waals surface area contributed by atoms with Crippen LogP contribution in [0.3, 0.4) is 0 Å². The number of nitrogens with zero attached hydrogens (tertiary/aromatic N) is 7. The molecule has 0 aliphatic rings. The van der Waals surface area contributed by atoms with Crippen LogP contribution in [0.5, 0.6) is 0 Å². The molecule has 3 rings (SSSR count). The summed E-state index contributed by atoms with van der Waals surface area (Å²) in [6, 6.07) is 13.4. The molecule has 392 valence electrons. The molecule has 3 aromatic rings. The first-order chi connectivity index (χ1) is 34.1. The number of halogens is 3. The number of guanidine groups is 4. The molecule has 6 amide bonds. The molecule has 30 nitrogen and oxygen atoms in total. The number of amides is 6. The number of aliphatic hydroxyl groups excluding tert-OH is 1. The van der Waals surface area contributed by atoms with Gasteiger partial charge in [-0.3, -0.25) is 38.9 Å². The van der Waals surface area contributed by atoms with Crippen LogP contribution in [0.1, 0.15) is 22.7 Å². The molecule has 0 spiro atoms. The van der Waals surface area contributed by atoms with Crippen molar-refractivity contribution in [1.82, 2.24) is 26.6 Å². The lowest BCUT2D eigenvalue weighted by Gasteiger charge is -2.31. The number of nitrogens with one attached hydrogen (secondary N) is 5. The molecule has 33 heteroatoms. The van der Waals surface area contributed by atoms with E-state index in [1.54, 1.807) is 38.4 Å². The van der Waals surface area contributed by atoms with Gasteiger partial charge in [0.25, 0.3) is 35.2 Å². The summed E-state index contributed by atoms with van der Waals surface area (Å²) in [5, 5.41) is 33.4. The maximum absolute atomic E-state index is 14.6. The van der Waals surface area contributed by atoms with E-state index in [0.29, 0.717) is 16.5 Å². The van der Waals surface area contributed by atoms with Crippen LogP contribution in [0.25, 0.3) is 6.08 Å². The number of anilines is 2. The molecule has 3 aromatic carbocycles. The van der Waals surface area contributed by atoms with Crippen molar-refractivity contribution in [3.8, 4) is 0 Å². The predicted molar refractivity (Wildman–Crippen MR) is 259 cm³/mol. The highest BCUT2D eigenvalue weighted by Crippen LogP contribution is 2.39. The highest BCUT2D eigenvalue weighted by Gasteiger charge is 2.40. The van der Waals surface area contributed by atoms with Gasteiger partial charge in [-0.1, -0.05) is 54.6 Å². The van der Waals surface area contributed by atoms with Gasteiger partial charge >= 0.3 is 6.18 Å². The number of primary amides is 1. The van der Waals surface area contributed by atoms with Gasteiger partial charge in [0.1, 0.15) is 6.04 Å². The lowest BCUT2D eigenvalue weighted by atomic mass is 10.1. The van der Waals surface area contributed by atoms with Crippen LogP contribution in [0.15, 0.2) is 98.8 Å². The third-order valence-corrected chi connectivity index (χ3v) is 9.28. The number of rotatable bonds is 23. The summed E-state index contributed by atoms with van der Waals surface area (Å²) in [4.78, 5) is 107. The Hall–Kier alpha value is -9.95. The van der Waals surface area contributed by atoms with Crippen molar-refractivity contribution in [1.29, 1.82) is 0 Å². The molecular weight excluding hydrogens is 976 g/mol. The molecule has 6 unspecified atom stereocenters. The fourth-order valence-electron chi connectivity index (χ4n) is 6.03. The molecule has 0 heterocycles. The van der Waals surface area contributed by atoms with Crippen LogP contribution < -0.4 is 88.0 Å². The van der Waals surface area contributed by atoms with Crippen molar-refractivity contribution in [2.75, 3.05) is 30.4 Å². The van der Waals surface area contributed by atoms with Gasteiger partial charge in [-0.05, 0) is 29.3 Å². The van der Waals surface area contributed by atoms with Crippen molar-refractivity contribution >= 4 is 82.4 Å². The topological polar surface area (TPSA) is 516 Å². The van der Waals surface area contributed by atoms with Crippen LogP contribution in [-0.4, -0.2) is 121 Å². The lowest BCUT2D eigenvalue weighted by Crippen LogP contribution is -2.58. The van der Waals surface area contributed by atoms with Gasteiger partial charge in [-0.25, -0.2) is 20.0 Å². The van der Waals surface area contributed by atoms with Gasteiger partial charge in [-0.2, -0.15) is 13.2 Å². The van der Waals surface area contributed by atoms with E-state index in [1.165, 1.54) is 42.5 Å². The summed E-state index contributed by atoms with van der Waals surface area (Å²) in [6.07, 6.45) is -13.7. The van der Waals surface area contributed by atoms with Crippen molar-refractivity contribution in [2.24, 2.45) is 71.6 Å². The summed E-state index contributed by atoms with van der Waals surface area (Å²) in [5.74, 6) is -11.7. The highest BCUT2D eigenvalue weighted by atomic mass is 19.4. The number of hydrogen-bond acceptors (Lipinski definition) is 15. The summed E-state index contributed by atoms with van der Waals surface area (Å²) in [7, 11) is 3.59. The normalized spacial score (nSPS) is 13.4. The minimum Gasteiger partial charge on any atom is -0.378 e. The smallest absolute Gasteiger partial charge is 0.378 e. The number of nitro benzene ring substituents is 1. The van der Waals surface area contributed by atoms with E-state index < -0.39 is 131 Å². The zero-order chi connectivity index (χ0) is 54.9. The Bertz CT molecular complexity index is 2650. The number of non-ortho nitro benzene ring substituents is 1. The Labute approximate surface area is 411 Å². The van der Waals surface area contributed by atoms with Gasteiger partial charge in [0, 0.05) is 38.5 Å². The van der Waals surface area contributed by atoms with Crippen molar-refractivity contribution in [3.63, 3.8) is 0 Å². The van der Waals surface area contributed by atoms with Crippen LogP contribution in [0.4, 0.5) is 30.2 Å². The van der Waals surface area contributed by atoms with E-state index in [9.17, 15) is 57.2 Å². The molecule has 0 aromatic heterocycles. The minimum absolute atomic E-state index is 0.0661. The van der Waals surface area contributed by atoms with Crippen LogP contribution >= 0.6 is 0 Å². The predicted octanol–water partition coefficient (Wildman–Crippen LogP) is -5.28. The van der Waals surface area contributed by atoms with Crippen LogP contribution in [-0.2, 0) is 34.9 Å². The SMILES string of the molecule is CN(C)c1ccc(C=CCN(c2ccc([N+](=O)[O-])cc2C(F)(F)F)C(O)C(=O)NC(C(=O)NC(N=C(N)N)C(=O)NC(N=C(N)N)C(=O)NC(N=C(N)N)C(=O)NC(N=C(N)N)C(N)=O)c2ccccc2)cc1. The quantitative estimate of drug-likeness (QED) is 0.0139. The molecule has 0 saturated carbocycles. The number of benzene rings is 3. The monoisotopic (exact) mass is 1030 g/mol. The number of carbonyl (C=O) groups excluding carboxylic acids is 6. The first-order valence-corrected chi connectivity index (χ1v) is 20.5. The van der Waals surface area contributed by atoms with Gasteiger partial charge in [-0.15, -0.1) is 0 Å². The standard InChI is InChI=1S/C40H52F3N21O9/c1-62(2)20-12-10-18(11-13-20)7-6-16-63(23-15-14-21(64(72)73)17-22(23)40(41,42)43)35(71)34(70)53-24(19-8-4-3-5-9-19)30(66)55-27(59-37(47)48)32(68)57-29(61-39(51)52)33(69)56-28(60-38(49)50)31(67)54-26(25(44)65)58-36(45)46/h3-15,17,24,26-29,35,71H,16H2,1-2H3,(H2,44,65)(H,53,70)(H,54,67)(H,55,66)(H,56,69)(H,57,68)(H4,45,46,58)(H4,47,48,59)(H4,49,50,60)(H4,51,52,61). The van der Waals surface area contributed by atoms with E-state index in [4.69, 9.17) is 51.6 Å². The van der Waals surface area contributed by atoms with Crippen LogP contribution in [0.2, 0.25) is 0 Å². The summed E-state index contributed by atoms with van der Waals surface area (Å²) in [5.41, 5.74) is 46.4. The fourth-order valence-corrected chi connectivity index (χ4v) is 6.03. The number of hydrogen-bond donors (Lipinski definition) is 15. The van der Waals surface area contributed by atoms with Crippen molar-refractivity contribution < 1.29 is 52.0 Å². The van der Waals surface area contributed by atoms with E-state index in [-0.39, 0.29) is 11.6 Å². The van der Waals surface area contributed by atoms with Gasteiger partial charge in [0.05, 0.1) is 16.2 Å². The van der Waals surface area contributed by atoms with E-state index in [0.717, 1.165) is 11.8 Å². The maximum Gasteiger partial charge on any atom is 0.418 e. The first-order valence-electron chi connectivity index (χ1n) is 20.5. The third kappa shape index (κ3) is 17.5. The molecule has 0 bridgehead atoms. The number of aliphatic imine (C=N–C) groups is 4. The second kappa shape index (κ2) is 25.6. The third-order valence-electron chi connectivity index (χ3n) is 9.28. The molecule has 6 atom stereocenters. The molecule has 73 heavy (non-hydrogen) atoms. The van der Waals surface area contributed by atoms with Gasteiger partial charge in [0.15, 0.2) is 23.8 Å². The number of aliphatic hydroxyl groups is 1. The molecule has 0 fully saturated rings. The molecule has 0 aliphatic carbocycles. The Kier molecular flexibility index (Phi) is 20.1. The van der Waals surface area contributed by atoms with Gasteiger partial charge < -0.3 is 93.1 Å². The number of nitro groups is 1. The number of nitrogens with two attached hydrogens (primary N) is 9. The second-order valence-corrected chi connectivity index (χ2v) is 15.0. The van der Waals surface area contributed by atoms with E-state index >= 15 is 0 Å². The van der Waals surface area contributed by atoms with Gasteiger partial charge in [0.2, 0.25) is 36.8 Å². The minimum atomic E-state index is -5.27. The molecule has 0 saturated heterocycles. The Morgan fingerprint density at radius 1 is 0.658 bits per heavy atom. The molecule has 24 N–H and O–H groups in total. The molecule has 0 aliphatic heterocycles. The van der Waals surface area contributed by atoms with E-state index in [2.05, 4.69) is 30.6 Å². The molecular formula is C40H52F3N21O9. The molecule has 0 radical (unpaired) electrons. The van der Waals surface area contributed by atoms with Crippen molar-refractivity contribution in [3.05, 3.63) is 106 Å². The second-order valence-electron chi connectivity index (χ2n) is 15.0. The average Bonchev–Trinajstić information content (AvgIpc) is 3.30. The fraction of sp³-hybridized carbons (Fsp3) is 0.250. The maximum atomic E-state index is 14.6. The first kappa shape index (κ1) is 57.4. The van der Waals surface area contributed by atoms with Crippen LogP contribution in [0, 0.1) is 10.1 Å². The Balaban J connectivity index is 2.03. The summed E-state index contributed by atoms with van der Waals surface area (Å²) >= 11 is 0. The van der Waals surface area contributed by atoms with E-state index in [1.807, 2.05) is 20.9 Å². The number of alkyl halides is 3. The average molecular weight is 1030 g/mol. The largest absolute Gasteiger partial charge is 0.418 e. The number of carbonyl (C=O) groups is 6. The zero-order valence-electron chi connectivity index (χ0n) is 38.4. The Morgan fingerprint density at radius 2 is 1.11 bits per heavy atom. The summed E-state index contributed by atoms with van der Waals surface area (Å²) in [6.45, 7) is -0.645. The Morgan fingerprint density at radius 3 is 1.53 bits per heavy atom. The summed E-state index contributed by atoms with van der Waals surface area (Å²) < 4.78 is 43.7.